The Bertz CT molecular complexity index is 837. The summed E-state index contributed by atoms with van der Waals surface area (Å²) in [7, 11) is 0. The average Bonchev–Trinajstić information content (AvgIpc) is 3.68. The van der Waals surface area contributed by atoms with Crippen molar-refractivity contribution >= 4 is 11.7 Å². The largest absolute Gasteiger partial charge is 0.388 e. The Balaban J connectivity index is 1.20. The monoisotopic (exact) mass is 513 g/mol. The zero-order chi connectivity index (χ0) is 26.3. The summed E-state index contributed by atoms with van der Waals surface area (Å²) >= 11 is 0. The summed E-state index contributed by atoms with van der Waals surface area (Å²) in [5, 5.41) is 11.9. The highest BCUT2D eigenvalue weighted by Crippen LogP contribution is 2.66. The molecule has 0 heterocycles. The Morgan fingerprint density at radius 1 is 0.892 bits per heavy atom. The van der Waals surface area contributed by atoms with Crippen molar-refractivity contribution < 1.29 is 14.7 Å². The van der Waals surface area contributed by atoms with Gasteiger partial charge in [0.05, 0.1) is 5.60 Å². The molecule has 0 unspecified atom stereocenters. The number of aliphatic hydroxyl groups is 1. The normalized spacial score (nSPS) is 41.1. The number of amides is 1. The van der Waals surface area contributed by atoms with Crippen molar-refractivity contribution in [3.63, 3.8) is 0 Å². The van der Waals surface area contributed by atoms with Crippen molar-refractivity contribution in [2.24, 2.45) is 40.4 Å². The van der Waals surface area contributed by atoms with Crippen molar-refractivity contribution in [2.75, 3.05) is 13.1 Å². The van der Waals surface area contributed by atoms with Gasteiger partial charge in [-0.1, -0.05) is 59.3 Å². The van der Waals surface area contributed by atoms with Crippen LogP contribution in [0.2, 0.25) is 0 Å². The fourth-order valence-electron chi connectivity index (χ4n) is 9.71. The maximum atomic E-state index is 13.2. The summed E-state index contributed by atoms with van der Waals surface area (Å²) in [6, 6.07) is 0. The maximum absolute atomic E-state index is 13.2. The summed E-state index contributed by atoms with van der Waals surface area (Å²) in [6.45, 7) is 8.43. The third-order valence-corrected chi connectivity index (χ3v) is 12.3. The van der Waals surface area contributed by atoms with Gasteiger partial charge in [-0.15, -0.1) is 0 Å². The van der Waals surface area contributed by atoms with E-state index in [0.29, 0.717) is 41.9 Å². The highest BCUT2D eigenvalue weighted by molar-refractivity contribution is 5.87. The van der Waals surface area contributed by atoms with Crippen LogP contribution >= 0.6 is 0 Å². The van der Waals surface area contributed by atoms with Crippen LogP contribution < -0.4 is 0 Å². The minimum absolute atomic E-state index is 0.0561. The van der Waals surface area contributed by atoms with Crippen LogP contribution in [0, 0.1) is 40.4 Å². The molecule has 5 saturated carbocycles. The molecule has 0 saturated heterocycles. The first-order valence-electron chi connectivity index (χ1n) is 16.2. The van der Waals surface area contributed by atoms with E-state index in [9.17, 15) is 14.7 Å². The number of carbonyl (C=O) groups excluding carboxylic acids is 2. The van der Waals surface area contributed by atoms with Crippen LogP contribution in [0.1, 0.15) is 136 Å². The molecule has 5 aliphatic rings. The number of fused-ring (bicyclic) bond motifs is 5. The molecule has 1 amide bonds. The van der Waals surface area contributed by atoms with Crippen LogP contribution in [0.5, 0.6) is 0 Å². The first-order valence-corrected chi connectivity index (χ1v) is 16.2. The van der Waals surface area contributed by atoms with E-state index in [4.69, 9.17) is 0 Å². The lowest BCUT2D eigenvalue weighted by molar-refractivity contribution is -0.161. The summed E-state index contributed by atoms with van der Waals surface area (Å²) in [6.07, 6.45) is 20.2. The first-order chi connectivity index (χ1) is 17.7. The topological polar surface area (TPSA) is 57.6 Å². The Hall–Kier alpha value is -0.900. The van der Waals surface area contributed by atoms with Crippen molar-refractivity contribution in [1.29, 1.82) is 0 Å². The molecule has 5 rings (SSSR count). The Morgan fingerprint density at radius 2 is 1.62 bits per heavy atom. The molecule has 0 radical (unpaired) electrons. The van der Waals surface area contributed by atoms with E-state index in [-0.39, 0.29) is 16.7 Å². The maximum Gasteiger partial charge on any atom is 0.225 e. The quantitative estimate of drug-likeness (QED) is 0.295. The first kappa shape index (κ1) is 27.7. The smallest absolute Gasteiger partial charge is 0.225 e. The van der Waals surface area contributed by atoms with E-state index >= 15 is 0 Å². The molecule has 5 aliphatic carbocycles. The second kappa shape index (κ2) is 10.9. The SMILES string of the molecule is CCCCCCCCCN(C[C@@]1(O)CC[C@@]2(C)[C@@H](CC[C@@H]3[C@@H]2CC[C@]2(C)C(=O)CC[C@@H]32)C1)C(=O)C1CC1. The molecule has 0 aromatic heterocycles. The standard InChI is InChI=1S/C33H55NO3/c1-4-5-6-7-8-9-10-21-34(30(36)24-11-12-24)23-33(37)20-19-31(2)25(22-33)13-14-26-27-15-16-29(35)32(27,3)18-17-28(26)31/h24-28,37H,4-23H2,1-3H3/t25-,26-,27-,28-,31-,32-,33+/m0/s1. The molecule has 0 spiro atoms. The highest BCUT2D eigenvalue weighted by Gasteiger charge is 2.61. The van der Waals surface area contributed by atoms with Crippen LogP contribution in [0.4, 0.5) is 0 Å². The number of nitrogens with zero attached hydrogens (tertiary/aromatic N) is 1. The van der Waals surface area contributed by atoms with Crippen LogP contribution in [0.25, 0.3) is 0 Å². The van der Waals surface area contributed by atoms with Gasteiger partial charge in [0.1, 0.15) is 5.78 Å². The zero-order valence-electron chi connectivity index (χ0n) is 24.2. The van der Waals surface area contributed by atoms with Gasteiger partial charge < -0.3 is 10.0 Å². The van der Waals surface area contributed by atoms with E-state index in [0.717, 1.165) is 64.3 Å². The predicted molar refractivity (Wildman–Crippen MR) is 149 cm³/mol. The molecular formula is C33H55NO3. The average molecular weight is 514 g/mol. The fourth-order valence-corrected chi connectivity index (χ4v) is 9.71. The van der Waals surface area contributed by atoms with Gasteiger partial charge in [-0.25, -0.2) is 0 Å². The second-order valence-corrected chi connectivity index (χ2v) is 14.7. The second-order valence-electron chi connectivity index (χ2n) is 14.7. The van der Waals surface area contributed by atoms with Gasteiger partial charge in [-0.2, -0.15) is 0 Å². The third kappa shape index (κ3) is 5.44. The van der Waals surface area contributed by atoms with Crippen molar-refractivity contribution in [1.82, 2.24) is 4.90 Å². The van der Waals surface area contributed by atoms with Crippen molar-refractivity contribution in [3.05, 3.63) is 0 Å². The predicted octanol–water partition coefficient (Wildman–Crippen LogP) is 7.32. The molecule has 0 aromatic carbocycles. The number of ketones is 1. The summed E-state index contributed by atoms with van der Waals surface area (Å²) in [5.41, 5.74) is -0.499. The lowest BCUT2D eigenvalue weighted by Crippen LogP contribution is -2.58. The fraction of sp³-hybridized carbons (Fsp3) is 0.939. The minimum atomic E-state index is -0.727. The Morgan fingerprint density at radius 3 is 2.35 bits per heavy atom. The van der Waals surface area contributed by atoms with E-state index in [1.54, 1.807) is 0 Å². The number of rotatable bonds is 11. The molecule has 0 bridgehead atoms. The van der Waals surface area contributed by atoms with E-state index in [1.807, 2.05) is 0 Å². The summed E-state index contributed by atoms with van der Waals surface area (Å²) in [4.78, 5) is 28.0. The van der Waals surface area contributed by atoms with Crippen molar-refractivity contribution in [3.8, 4) is 0 Å². The molecule has 1 N–H and O–H groups in total. The number of hydrogen-bond donors (Lipinski definition) is 1. The minimum Gasteiger partial charge on any atom is -0.388 e. The van der Waals surface area contributed by atoms with Gasteiger partial charge in [-0.05, 0) is 99.7 Å². The number of hydrogen-bond acceptors (Lipinski definition) is 3. The number of carbonyl (C=O) groups is 2. The molecule has 4 heteroatoms. The molecular weight excluding hydrogens is 458 g/mol. The van der Waals surface area contributed by atoms with Gasteiger partial charge in [0.2, 0.25) is 5.91 Å². The Kier molecular flexibility index (Phi) is 8.17. The van der Waals surface area contributed by atoms with Gasteiger partial charge in [0.25, 0.3) is 0 Å². The van der Waals surface area contributed by atoms with E-state index in [1.165, 1.54) is 57.8 Å². The van der Waals surface area contributed by atoms with Gasteiger partial charge in [0.15, 0.2) is 0 Å². The van der Waals surface area contributed by atoms with Crippen molar-refractivity contribution in [2.45, 2.75) is 142 Å². The van der Waals surface area contributed by atoms with Crippen LogP contribution in [0.15, 0.2) is 0 Å². The zero-order valence-corrected chi connectivity index (χ0v) is 24.2. The van der Waals surface area contributed by atoms with E-state index in [2.05, 4.69) is 25.7 Å². The number of unbranched alkanes of at least 4 members (excludes halogenated alkanes) is 6. The van der Waals surface area contributed by atoms with E-state index < -0.39 is 5.60 Å². The lowest BCUT2D eigenvalue weighted by atomic mass is 9.44. The molecule has 37 heavy (non-hydrogen) atoms. The Labute approximate surface area is 226 Å². The molecule has 0 aliphatic heterocycles. The van der Waals surface area contributed by atoms with Gasteiger partial charge in [0, 0.05) is 30.8 Å². The number of Topliss-reactive ketones (excluding diaryl/α,β-unsaturated/α-hetero) is 1. The summed E-state index contributed by atoms with van der Waals surface area (Å²) < 4.78 is 0. The molecule has 5 fully saturated rings. The third-order valence-electron chi connectivity index (χ3n) is 12.3. The highest BCUT2D eigenvalue weighted by atomic mass is 16.3. The summed E-state index contributed by atoms with van der Waals surface area (Å²) in [5.74, 6) is 3.61. The lowest BCUT2D eigenvalue weighted by Gasteiger charge is -2.61. The van der Waals surface area contributed by atoms with Crippen LogP contribution in [0.3, 0.4) is 0 Å². The molecule has 0 aromatic rings. The van der Waals surface area contributed by atoms with Crippen LogP contribution in [-0.2, 0) is 9.59 Å². The molecule has 4 nitrogen and oxygen atoms in total. The van der Waals surface area contributed by atoms with Gasteiger partial charge in [-0.3, -0.25) is 9.59 Å². The molecule has 210 valence electrons. The van der Waals surface area contributed by atoms with Gasteiger partial charge >= 0.3 is 0 Å². The van der Waals surface area contributed by atoms with Crippen LogP contribution in [-0.4, -0.2) is 40.4 Å². The molecule has 7 atom stereocenters.